The maximum Gasteiger partial charge on any atom is 0.339 e. The summed E-state index contributed by atoms with van der Waals surface area (Å²) in [6, 6.07) is 12.6. The summed E-state index contributed by atoms with van der Waals surface area (Å²) in [6.45, 7) is 9.91. The molecule has 1 N–H and O–H groups in total. The zero-order valence-electron chi connectivity index (χ0n) is 19.0. The standard InChI is InChI=1S/C23H32N2O5S/c1-7-17(2)25(22(26)24-23(3,4)5)16-18-10-8-9-11-21(18)30-31(27,28)20-14-12-19(29-6)13-15-20/h8-15,17H,7,16H2,1-6H3,(H,24,26)/t17-/m1/s1. The monoisotopic (exact) mass is 448 g/mol. The molecule has 0 unspecified atom stereocenters. The molecular formula is C23H32N2O5S. The van der Waals surface area contributed by atoms with Crippen molar-refractivity contribution in [2.75, 3.05) is 7.11 Å². The molecule has 0 aliphatic rings. The van der Waals surface area contributed by atoms with Crippen LogP contribution in [0.3, 0.4) is 0 Å². The molecule has 2 amide bonds. The number of hydrogen-bond donors (Lipinski definition) is 1. The van der Waals surface area contributed by atoms with Crippen molar-refractivity contribution < 1.29 is 22.1 Å². The predicted octanol–water partition coefficient (Wildman–Crippen LogP) is 4.57. The Morgan fingerprint density at radius 1 is 1.10 bits per heavy atom. The summed E-state index contributed by atoms with van der Waals surface area (Å²) in [7, 11) is -2.54. The van der Waals surface area contributed by atoms with Gasteiger partial charge in [0, 0.05) is 17.1 Å². The molecule has 7 nitrogen and oxygen atoms in total. The fraction of sp³-hybridized carbons (Fsp3) is 0.435. The van der Waals surface area contributed by atoms with E-state index in [1.165, 1.54) is 19.2 Å². The van der Waals surface area contributed by atoms with Gasteiger partial charge < -0.3 is 19.1 Å². The van der Waals surface area contributed by atoms with Gasteiger partial charge in [-0.3, -0.25) is 0 Å². The quantitative estimate of drug-likeness (QED) is 0.598. The van der Waals surface area contributed by atoms with Gasteiger partial charge >= 0.3 is 16.1 Å². The Bertz CT molecular complexity index is 982. The zero-order chi connectivity index (χ0) is 23.2. The summed E-state index contributed by atoms with van der Waals surface area (Å²) in [5.41, 5.74) is 0.209. The molecule has 0 saturated carbocycles. The van der Waals surface area contributed by atoms with E-state index in [1.807, 2.05) is 34.6 Å². The van der Waals surface area contributed by atoms with Gasteiger partial charge in [0.15, 0.2) is 0 Å². The van der Waals surface area contributed by atoms with Crippen LogP contribution in [0, 0.1) is 0 Å². The minimum Gasteiger partial charge on any atom is -0.497 e. The second-order valence-electron chi connectivity index (χ2n) is 8.39. The van der Waals surface area contributed by atoms with E-state index in [1.54, 1.807) is 41.3 Å². The number of para-hydroxylation sites is 1. The number of rotatable bonds is 8. The first-order valence-electron chi connectivity index (χ1n) is 10.2. The lowest BCUT2D eigenvalue weighted by Crippen LogP contribution is -2.50. The molecule has 0 aliphatic heterocycles. The van der Waals surface area contributed by atoms with E-state index in [0.717, 1.165) is 6.42 Å². The summed E-state index contributed by atoms with van der Waals surface area (Å²) in [5.74, 6) is 0.739. The SMILES string of the molecule is CC[C@@H](C)N(Cc1ccccc1OS(=O)(=O)c1ccc(OC)cc1)C(=O)NC(C)(C)C. The van der Waals surface area contributed by atoms with Gasteiger partial charge in [-0.2, -0.15) is 8.42 Å². The van der Waals surface area contributed by atoms with Crippen molar-refractivity contribution in [1.29, 1.82) is 0 Å². The molecule has 0 spiro atoms. The van der Waals surface area contributed by atoms with E-state index in [0.29, 0.717) is 11.3 Å². The molecule has 170 valence electrons. The number of hydrogen-bond acceptors (Lipinski definition) is 5. The Labute approximate surface area is 185 Å². The average Bonchev–Trinajstić information content (AvgIpc) is 2.71. The molecular weight excluding hydrogens is 416 g/mol. The van der Waals surface area contributed by atoms with Gasteiger partial charge in [-0.25, -0.2) is 4.79 Å². The van der Waals surface area contributed by atoms with Crippen molar-refractivity contribution in [2.45, 2.75) is 64.1 Å². The van der Waals surface area contributed by atoms with Crippen LogP contribution in [-0.2, 0) is 16.7 Å². The van der Waals surface area contributed by atoms with Gasteiger partial charge in [0.1, 0.15) is 16.4 Å². The molecule has 0 aliphatic carbocycles. The van der Waals surface area contributed by atoms with Crippen LogP contribution < -0.4 is 14.2 Å². The summed E-state index contributed by atoms with van der Waals surface area (Å²) in [4.78, 5) is 14.6. The van der Waals surface area contributed by atoms with Crippen molar-refractivity contribution >= 4 is 16.1 Å². The molecule has 0 fully saturated rings. The van der Waals surface area contributed by atoms with E-state index >= 15 is 0 Å². The van der Waals surface area contributed by atoms with Crippen LogP contribution >= 0.6 is 0 Å². The van der Waals surface area contributed by atoms with Gasteiger partial charge in [0.05, 0.1) is 13.7 Å². The van der Waals surface area contributed by atoms with Crippen LogP contribution in [0.25, 0.3) is 0 Å². The number of nitrogens with zero attached hydrogens (tertiary/aromatic N) is 1. The largest absolute Gasteiger partial charge is 0.497 e. The maximum absolute atomic E-state index is 12.9. The number of carbonyl (C=O) groups is 1. The van der Waals surface area contributed by atoms with E-state index in [-0.39, 0.29) is 29.3 Å². The van der Waals surface area contributed by atoms with Gasteiger partial charge in [-0.05, 0) is 64.4 Å². The summed E-state index contributed by atoms with van der Waals surface area (Å²) in [5, 5.41) is 2.98. The summed E-state index contributed by atoms with van der Waals surface area (Å²) < 4.78 is 36.1. The third-order valence-corrected chi connectivity index (χ3v) is 5.98. The first-order chi connectivity index (χ1) is 14.5. The first-order valence-corrected chi connectivity index (χ1v) is 11.6. The lowest BCUT2D eigenvalue weighted by molar-refractivity contribution is 0.164. The molecule has 0 heterocycles. The Kier molecular flexibility index (Phi) is 7.95. The Balaban J connectivity index is 2.31. The highest BCUT2D eigenvalue weighted by molar-refractivity contribution is 7.87. The molecule has 2 rings (SSSR count). The zero-order valence-corrected chi connectivity index (χ0v) is 19.8. The number of amides is 2. The topological polar surface area (TPSA) is 84.9 Å². The van der Waals surface area contributed by atoms with E-state index < -0.39 is 15.7 Å². The van der Waals surface area contributed by atoms with E-state index in [4.69, 9.17) is 8.92 Å². The van der Waals surface area contributed by atoms with E-state index in [2.05, 4.69) is 5.32 Å². The molecule has 8 heteroatoms. The lowest BCUT2D eigenvalue weighted by Gasteiger charge is -2.32. The van der Waals surface area contributed by atoms with Crippen LogP contribution in [0.15, 0.2) is 53.4 Å². The highest BCUT2D eigenvalue weighted by atomic mass is 32.2. The molecule has 31 heavy (non-hydrogen) atoms. The third-order valence-electron chi connectivity index (χ3n) is 4.73. The Morgan fingerprint density at radius 3 is 2.26 bits per heavy atom. The molecule has 2 aromatic carbocycles. The smallest absolute Gasteiger partial charge is 0.339 e. The molecule has 1 atom stereocenters. The summed E-state index contributed by atoms with van der Waals surface area (Å²) in [6.07, 6.45) is 0.755. The minimum atomic E-state index is -4.05. The van der Waals surface area contributed by atoms with Gasteiger partial charge in [-0.15, -0.1) is 0 Å². The second-order valence-corrected chi connectivity index (χ2v) is 9.93. The van der Waals surface area contributed by atoms with Crippen molar-refractivity contribution in [3.63, 3.8) is 0 Å². The normalized spacial score (nSPS) is 12.7. The third kappa shape index (κ3) is 6.89. The highest BCUT2D eigenvalue weighted by Gasteiger charge is 2.25. The lowest BCUT2D eigenvalue weighted by atomic mass is 10.1. The molecule has 0 bridgehead atoms. The Morgan fingerprint density at radius 2 is 1.71 bits per heavy atom. The molecule has 0 saturated heterocycles. The highest BCUT2D eigenvalue weighted by Crippen LogP contribution is 2.26. The number of carbonyl (C=O) groups excluding carboxylic acids is 1. The number of methoxy groups -OCH3 is 1. The van der Waals surface area contributed by atoms with Crippen molar-refractivity contribution in [2.24, 2.45) is 0 Å². The Hall–Kier alpha value is -2.74. The molecule has 2 aromatic rings. The van der Waals surface area contributed by atoms with Gasteiger partial charge in [0.25, 0.3) is 0 Å². The van der Waals surface area contributed by atoms with Crippen LogP contribution in [0.2, 0.25) is 0 Å². The number of benzene rings is 2. The van der Waals surface area contributed by atoms with Crippen LogP contribution in [-0.4, -0.2) is 38.0 Å². The number of nitrogens with one attached hydrogen (secondary N) is 1. The molecule has 0 aromatic heterocycles. The first kappa shape index (κ1) is 24.5. The van der Waals surface area contributed by atoms with Crippen molar-refractivity contribution in [1.82, 2.24) is 10.2 Å². The second kappa shape index (κ2) is 10.0. The molecule has 0 radical (unpaired) electrons. The van der Waals surface area contributed by atoms with Crippen molar-refractivity contribution in [3.8, 4) is 11.5 Å². The maximum atomic E-state index is 12.9. The van der Waals surface area contributed by atoms with Gasteiger partial charge in [-0.1, -0.05) is 25.1 Å². The predicted molar refractivity (Wildman–Crippen MR) is 121 cm³/mol. The fourth-order valence-corrected chi connectivity index (χ4v) is 3.81. The van der Waals surface area contributed by atoms with Crippen LogP contribution in [0.1, 0.15) is 46.6 Å². The minimum absolute atomic E-state index is 0.0207. The van der Waals surface area contributed by atoms with Crippen LogP contribution in [0.5, 0.6) is 11.5 Å². The van der Waals surface area contributed by atoms with Crippen molar-refractivity contribution in [3.05, 3.63) is 54.1 Å². The average molecular weight is 449 g/mol. The van der Waals surface area contributed by atoms with Gasteiger partial charge in [0.2, 0.25) is 0 Å². The number of ether oxygens (including phenoxy) is 1. The fourth-order valence-electron chi connectivity index (χ4n) is 2.85. The van der Waals surface area contributed by atoms with E-state index in [9.17, 15) is 13.2 Å². The number of urea groups is 1. The summed E-state index contributed by atoms with van der Waals surface area (Å²) >= 11 is 0. The van der Waals surface area contributed by atoms with Crippen LogP contribution in [0.4, 0.5) is 4.79 Å².